The van der Waals surface area contributed by atoms with Crippen LogP contribution in [-0.2, 0) is 4.74 Å². The normalized spacial score (nSPS) is 21.9. The zero-order valence-electron chi connectivity index (χ0n) is 9.69. The predicted molar refractivity (Wildman–Crippen MR) is 66.6 cm³/mol. The first kappa shape index (κ1) is 11.3. The summed E-state index contributed by atoms with van der Waals surface area (Å²) < 4.78 is 10.9. The summed E-state index contributed by atoms with van der Waals surface area (Å²) in [5.41, 5.74) is 0.490. The van der Waals surface area contributed by atoms with Crippen LogP contribution in [0.1, 0.15) is 0 Å². The topological polar surface area (TPSA) is 21.7 Å². The Kier molecular flexibility index (Phi) is 2.99. The number of ether oxygens (including phenoxy) is 2. The quantitative estimate of drug-likeness (QED) is 0.820. The largest absolute Gasteiger partial charge is 0.491 e. The standard InChI is InChI=1S/C13H16ClNO2/c14-11-3-1-2-4-12(11)17-6-5-15-7-13(8-15)9-16-10-13/h1-4H,5-10H2. The van der Waals surface area contributed by atoms with Gasteiger partial charge in [0.2, 0.25) is 0 Å². The molecule has 0 aliphatic carbocycles. The van der Waals surface area contributed by atoms with E-state index in [2.05, 4.69) is 4.90 Å². The Morgan fingerprint density at radius 2 is 2.06 bits per heavy atom. The molecule has 92 valence electrons. The fourth-order valence-electron chi connectivity index (χ4n) is 2.48. The van der Waals surface area contributed by atoms with Crippen molar-refractivity contribution in [2.45, 2.75) is 0 Å². The maximum atomic E-state index is 6.01. The van der Waals surface area contributed by atoms with E-state index in [9.17, 15) is 0 Å². The molecule has 2 saturated heterocycles. The van der Waals surface area contributed by atoms with Crippen molar-refractivity contribution in [2.75, 3.05) is 39.5 Å². The van der Waals surface area contributed by atoms with Crippen molar-refractivity contribution in [2.24, 2.45) is 5.41 Å². The molecule has 4 heteroatoms. The molecule has 0 aromatic heterocycles. The van der Waals surface area contributed by atoms with Crippen LogP contribution in [0.5, 0.6) is 5.75 Å². The number of nitrogens with zero attached hydrogens (tertiary/aromatic N) is 1. The molecule has 17 heavy (non-hydrogen) atoms. The van der Waals surface area contributed by atoms with Crippen molar-refractivity contribution < 1.29 is 9.47 Å². The lowest BCUT2D eigenvalue weighted by atomic mass is 9.78. The monoisotopic (exact) mass is 253 g/mol. The minimum absolute atomic E-state index is 0.490. The Morgan fingerprint density at radius 3 is 2.71 bits per heavy atom. The van der Waals surface area contributed by atoms with Crippen molar-refractivity contribution in [3.63, 3.8) is 0 Å². The van der Waals surface area contributed by atoms with Crippen LogP contribution < -0.4 is 4.74 Å². The molecular weight excluding hydrogens is 238 g/mol. The molecule has 0 bridgehead atoms. The molecule has 0 radical (unpaired) electrons. The number of halogens is 1. The van der Waals surface area contributed by atoms with Gasteiger partial charge in [-0.15, -0.1) is 0 Å². The van der Waals surface area contributed by atoms with Gasteiger partial charge in [0.25, 0.3) is 0 Å². The second-order valence-corrected chi connectivity index (χ2v) is 5.39. The third-order valence-corrected chi connectivity index (χ3v) is 3.75. The molecule has 1 aromatic rings. The van der Waals surface area contributed by atoms with Gasteiger partial charge in [-0.3, -0.25) is 4.90 Å². The molecule has 2 aliphatic rings. The van der Waals surface area contributed by atoms with Gasteiger partial charge < -0.3 is 9.47 Å². The van der Waals surface area contributed by atoms with Crippen LogP contribution in [-0.4, -0.2) is 44.4 Å². The van der Waals surface area contributed by atoms with Gasteiger partial charge in [0.15, 0.2) is 0 Å². The zero-order chi connectivity index (χ0) is 11.7. The summed E-state index contributed by atoms with van der Waals surface area (Å²) in [6.45, 7) is 5.84. The van der Waals surface area contributed by atoms with E-state index in [-0.39, 0.29) is 0 Å². The Balaban J connectivity index is 1.40. The van der Waals surface area contributed by atoms with E-state index in [0.717, 1.165) is 38.6 Å². The summed E-state index contributed by atoms with van der Waals surface area (Å²) in [5, 5.41) is 0.681. The molecule has 3 nitrogen and oxygen atoms in total. The van der Waals surface area contributed by atoms with Crippen LogP contribution >= 0.6 is 11.6 Å². The van der Waals surface area contributed by atoms with Gasteiger partial charge >= 0.3 is 0 Å². The second kappa shape index (κ2) is 4.48. The van der Waals surface area contributed by atoms with Crippen molar-refractivity contribution in [3.8, 4) is 5.75 Å². The Bertz CT molecular complexity index is 398. The van der Waals surface area contributed by atoms with Crippen LogP contribution in [0.3, 0.4) is 0 Å². The van der Waals surface area contributed by atoms with Crippen molar-refractivity contribution in [1.29, 1.82) is 0 Å². The fraction of sp³-hybridized carbons (Fsp3) is 0.538. The van der Waals surface area contributed by atoms with E-state index in [0.29, 0.717) is 17.0 Å². The average Bonchev–Trinajstić information content (AvgIpc) is 2.21. The van der Waals surface area contributed by atoms with Gasteiger partial charge in [0, 0.05) is 25.0 Å². The number of benzene rings is 1. The van der Waals surface area contributed by atoms with Gasteiger partial charge in [0.1, 0.15) is 12.4 Å². The first-order valence-corrected chi connectivity index (χ1v) is 6.33. The highest BCUT2D eigenvalue weighted by atomic mass is 35.5. The third kappa shape index (κ3) is 2.28. The molecule has 1 aromatic carbocycles. The molecule has 0 atom stereocenters. The van der Waals surface area contributed by atoms with E-state index in [4.69, 9.17) is 21.1 Å². The Hall–Kier alpha value is -0.770. The van der Waals surface area contributed by atoms with Crippen LogP contribution in [0.2, 0.25) is 5.02 Å². The average molecular weight is 254 g/mol. The molecule has 2 heterocycles. The summed E-state index contributed by atoms with van der Waals surface area (Å²) in [7, 11) is 0. The molecule has 3 rings (SSSR count). The number of para-hydroxylation sites is 1. The van der Waals surface area contributed by atoms with Crippen LogP contribution in [0, 0.1) is 5.41 Å². The second-order valence-electron chi connectivity index (χ2n) is 4.98. The minimum atomic E-state index is 0.490. The summed E-state index contributed by atoms with van der Waals surface area (Å²) in [6.07, 6.45) is 0. The first-order valence-electron chi connectivity index (χ1n) is 5.95. The van der Waals surface area contributed by atoms with Gasteiger partial charge in [-0.25, -0.2) is 0 Å². The van der Waals surface area contributed by atoms with Gasteiger partial charge in [-0.05, 0) is 12.1 Å². The fourth-order valence-corrected chi connectivity index (χ4v) is 2.67. The van der Waals surface area contributed by atoms with Gasteiger partial charge in [-0.2, -0.15) is 0 Å². The highest BCUT2D eigenvalue weighted by Crippen LogP contribution is 2.37. The smallest absolute Gasteiger partial charge is 0.137 e. The van der Waals surface area contributed by atoms with E-state index in [1.807, 2.05) is 24.3 Å². The predicted octanol–water partition coefficient (Wildman–Crippen LogP) is 2.05. The van der Waals surface area contributed by atoms with E-state index < -0.39 is 0 Å². The summed E-state index contributed by atoms with van der Waals surface area (Å²) in [4.78, 5) is 2.40. The Labute approximate surface area is 106 Å². The lowest BCUT2D eigenvalue weighted by molar-refractivity contribution is -0.189. The van der Waals surface area contributed by atoms with Crippen molar-refractivity contribution in [3.05, 3.63) is 29.3 Å². The van der Waals surface area contributed by atoms with E-state index in [1.54, 1.807) is 0 Å². The first-order chi connectivity index (χ1) is 8.27. The molecular formula is C13H16ClNO2. The van der Waals surface area contributed by atoms with Crippen LogP contribution in [0.4, 0.5) is 0 Å². The highest BCUT2D eigenvalue weighted by molar-refractivity contribution is 6.32. The van der Waals surface area contributed by atoms with Crippen molar-refractivity contribution >= 4 is 11.6 Å². The van der Waals surface area contributed by atoms with Crippen molar-refractivity contribution in [1.82, 2.24) is 4.90 Å². The lowest BCUT2D eigenvalue weighted by Gasteiger charge is -2.55. The zero-order valence-corrected chi connectivity index (χ0v) is 10.4. The Morgan fingerprint density at radius 1 is 1.29 bits per heavy atom. The maximum absolute atomic E-state index is 6.01. The number of rotatable bonds is 4. The molecule has 2 aliphatic heterocycles. The maximum Gasteiger partial charge on any atom is 0.137 e. The SMILES string of the molecule is Clc1ccccc1OCCN1CC2(COC2)C1. The lowest BCUT2D eigenvalue weighted by Crippen LogP contribution is -2.66. The van der Waals surface area contributed by atoms with E-state index >= 15 is 0 Å². The van der Waals surface area contributed by atoms with Crippen LogP contribution in [0.25, 0.3) is 0 Å². The van der Waals surface area contributed by atoms with Gasteiger partial charge in [0.05, 0.1) is 18.2 Å². The molecule has 0 saturated carbocycles. The van der Waals surface area contributed by atoms with Gasteiger partial charge in [-0.1, -0.05) is 23.7 Å². The number of likely N-dealkylation sites (tertiary alicyclic amines) is 1. The number of hydrogen-bond acceptors (Lipinski definition) is 3. The molecule has 0 N–H and O–H groups in total. The molecule has 0 unspecified atom stereocenters. The summed E-state index contributed by atoms with van der Waals surface area (Å²) in [5.74, 6) is 0.774. The molecule has 2 fully saturated rings. The molecule has 1 spiro atoms. The third-order valence-electron chi connectivity index (χ3n) is 3.44. The molecule has 0 amide bonds. The summed E-state index contributed by atoms with van der Waals surface area (Å²) in [6, 6.07) is 7.59. The highest BCUT2D eigenvalue weighted by Gasteiger charge is 2.48. The number of hydrogen-bond donors (Lipinski definition) is 0. The summed E-state index contributed by atoms with van der Waals surface area (Å²) >= 11 is 6.01. The minimum Gasteiger partial charge on any atom is -0.491 e. The van der Waals surface area contributed by atoms with E-state index in [1.165, 1.54) is 0 Å². The van der Waals surface area contributed by atoms with Crippen LogP contribution in [0.15, 0.2) is 24.3 Å².